The molecule has 0 saturated heterocycles. The molecule has 1 aliphatic rings. The fourth-order valence-corrected chi connectivity index (χ4v) is 2.33. The molecule has 1 saturated carbocycles. The summed E-state index contributed by atoms with van der Waals surface area (Å²) in [5.41, 5.74) is 5.91. The maximum Gasteiger partial charge on any atom is 0.224 e. The van der Waals surface area contributed by atoms with Crippen molar-refractivity contribution in [3.05, 3.63) is 0 Å². The first kappa shape index (κ1) is 14.5. The minimum Gasteiger partial charge on any atom is -0.355 e. The van der Waals surface area contributed by atoms with Crippen LogP contribution < -0.4 is 11.1 Å². The maximum absolute atomic E-state index is 11.9. The molecule has 0 aromatic rings. The molecule has 3 N–H and O–H groups in total. The van der Waals surface area contributed by atoms with Crippen molar-refractivity contribution in [2.75, 3.05) is 20.1 Å². The lowest BCUT2D eigenvalue weighted by Crippen LogP contribution is -2.42. The van der Waals surface area contributed by atoms with E-state index in [-0.39, 0.29) is 17.9 Å². The van der Waals surface area contributed by atoms with E-state index >= 15 is 0 Å². The van der Waals surface area contributed by atoms with Crippen molar-refractivity contribution < 1.29 is 4.79 Å². The Kier molecular flexibility index (Phi) is 5.92. The van der Waals surface area contributed by atoms with Crippen LogP contribution in [0.2, 0.25) is 0 Å². The molecule has 1 amide bonds. The van der Waals surface area contributed by atoms with E-state index in [1.807, 2.05) is 0 Å². The van der Waals surface area contributed by atoms with Crippen LogP contribution in [0.4, 0.5) is 0 Å². The van der Waals surface area contributed by atoms with Gasteiger partial charge in [0.05, 0.1) is 5.92 Å². The molecule has 0 radical (unpaired) electrons. The molecule has 4 nitrogen and oxygen atoms in total. The van der Waals surface area contributed by atoms with Crippen molar-refractivity contribution in [2.45, 2.75) is 51.6 Å². The van der Waals surface area contributed by atoms with Crippen molar-refractivity contribution in [1.82, 2.24) is 10.2 Å². The fraction of sp³-hybridized carbons (Fsp3) is 0.923. The largest absolute Gasteiger partial charge is 0.355 e. The second-order valence-corrected chi connectivity index (χ2v) is 5.23. The molecule has 0 heterocycles. The summed E-state index contributed by atoms with van der Waals surface area (Å²) in [5, 5.41) is 3.00. The Morgan fingerprint density at radius 3 is 2.76 bits per heavy atom. The van der Waals surface area contributed by atoms with Crippen LogP contribution in [0.3, 0.4) is 0 Å². The average Bonchev–Trinajstić information content (AvgIpc) is 2.74. The summed E-state index contributed by atoms with van der Waals surface area (Å²) in [7, 11) is 2.10. The molecule has 0 bridgehead atoms. The summed E-state index contributed by atoms with van der Waals surface area (Å²) in [6.45, 7) is 6.01. The second-order valence-electron chi connectivity index (χ2n) is 5.23. The number of hydrogen-bond acceptors (Lipinski definition) is 3. The van der Waals surface area contributed by atoms with Crippen molar-refractivity contribution >= 4 is 5.91 Å². The fourth-order valence-electron chi connectivity index (χ4n) is 2.33. The highest BCUT2D eigenvalue weighted by Gasteiger charge is 2.29. The molecule has 4 heteroatoms. The first-order valence-corrected chi connectivity index (χ1v) is 6.79. The van der Waals surface area contributed by atoms with Crippen LogP contribution in [0, 0.1) is 5.92 Å². The van der Waals surface area contributed by atoms with Gasteiger partial charge in [-0.05, 0) is 33.2 Å². The number of hydrogen-bond donors (Lipinski definition) is 2. The van der Waals surface area contributed by atoms with E-state index in [0.717, 1.165) is 38.8 Å². The van der Waals surface area contributed by atoms with Gasteiger partial charge < -0.3 is 16.0 Å². The topological polar surface area (TPSA) is 58.4 Å². The molecule has 0 aromatic carbocycles. The average molecular weight is 241 g/mol. The summed E-state index contributed by atoms with van der Waals surface area (Å²) < 4.78 is 0. The zero-order valence-electron chi connectivity index (χ0n) is 11.4. The third kappa shape index (κ3) is 4.28. The Hall–Kier alpha value is -0.610. The summed E-state index contributed by atoms with van der Waals surface area (Å²) in [4.78, 5) is 14.1. The number of carbonyl (C=O) groups is 1. The molecule has 0 aliphatic heterocycles. The molecule has 0 spiro atoms. The van der Waals surface area contributed by atoms with Crippen LogP contribution in [0.25, 0.3) is 0 Å². The van der Waals surface area contributed by atoms with Gasteiger partial charge in [-0.25, -0.2) is 0 Å². The molecule has 17 heavy (non-hydrogen) atoms. The van der Waals surface area contributed by atoms with Crippen molar-refractivity contribution in [3.8, 4) is 0 Å². The lowest BCUT2D eigenvalue weighted by atomic mass is 10.0. The lowest BCUT2D eigenvalue weighted by Gasteiger charge is -2.24. The van der Waals surface area contributed by atoms with Crippen LogP contribution in [0.15, 0.2) is 0 Å². The molecule has 1 fully saturated rings. The van der Waals surface area contributed by atoms with Crippen molar-refractivity contribution in [1.29, 1.82) is 0 Å². The SMILES string of the molecule is CCC(C)N(C)CCNC(=O)C1CCCC1N. The second kappa shape index (κ2) is 6.97. The first-order chi connectivity index (χ1) is 8.06. The number of likely N-dealkylation sites (N-methyl/N-ethyl adjacent to an activating group) is 1. The monoisotopic (exact) mass is 241 g/mol. The van der Waals surface area contributed by atoms with E-state index in [2.05, 4.69) is 31.1 Å². The summed E-state index contributed by atoms with van der Waals surface area (Å²) >= 11 is 0. The number of carbonyl (C=O) groups excluding carboxylic acids is 1. The third-order valence-electron chi connectivity index (χ3n) is 4.01. The molecule has 0 aromatic heterocycles. The van der Waals surface area contributed by atoms with E-state index in [0.29, 0.717) is 6.04 Å². The first-order valence-electron chi connectivity index (χ1n) is 6.79. The van der Waals surface area contributed by atoms with E-state index < -0.39 is 0 Å². The van der Waals surface area contributed by atoms with E-state index in [4.69, 9.17) is 5.73 Å². The highest BCUT2D eigenvalue weighted by atomic mass is 16.1. The highest BCUT2D eigenvalue weighted by Crippen LogP contribution is 2.23. The minimum atomic E-state index is 0.0453. The van der Waals surface area contributed by atoms with Gasteiger partial charge in [0.15, 0.2) is 0 Å². The van der Waals surface area contributed by atoms with Crippen molar-refractivity contribution in [2.24, 2.45) is 11.7 Å². The number of nitrogens with zero attached hydrogens (tertiary/aromatic N) is 1. The van der Waals surface area contributed by atoms with E-state index in [1.54, 1.807) is 0 Å². The van der Waals surface area contributed by atoms with Crippen LogP contribution in [0.5, 0.6) is 0 Å². The molecule has 100 valence electrons. The van der Waals surface area contributed by atoms with Crippen LogP contribution >= 0.6 is 0 Å². The standard InChI is InChI=1S/C13H27N3O/c1-4-10(2)16(3)9-8-15-13(17)11-6-5-7-12(11)14/h10-12H,4-9,14H2,1-3H3,(H,15,17). The predicted molar refractivity (Wildman–Crippen MR) is 70.7 cm³/mol. The zero-order chi connectivity index (χ0) is 12.8. The quantitative estimate of drug-likeness (QED) is 0.728. The molecule has 1 rings (SSSR count). The Balaban J connectivity index is 2.20. The smallest absolute Gasteiger partial charge is 0.224 e. The van der Waals surface area contributed by atoms with E-state index in [1.165, 1.54) is 0 Å². The molecule has 1 aliphatic carbocycles. The van der Waals surface area contributed by atoms with Crippen LogP contribution in [0.1, 0.15) is 39.5 Å². The van der Waals surface area contributed by atoms with Gasteiger partial charge in [-0.3, -0.25) is 4.79 Å². The van der Waals surface area contributed by atoms with Gasteiger partial charge in [-0.2, -0.15) is 0 Å². The predicted octanol–water partition coefficient (Wildman–Crippen LogP) is 0.960. The number of nitrogens with two attached hydrogens (primary N) is 1. The van der Waals surface area contributed by atoms with Gasteiger partial charge in [0, 0.05) is 25.2 Å². The molecular formula is C13H27N3O. The summed E-state index contributed by atoms with van der Waals surface area (Å²) in [5.74, 6) is 0.191. The number of rotatable bonds is 6. The number of nitrogens with one attached hydrogen (secondary N) is 1. The maximum atomic E-state index is 11.9. The Morgan fingerprint density at radius 1 is 1.53 bits per heavy atom. The summed E-state index contributed by atoms with van der Waals surface area (Å²) in [6, 6.07) is 0.642. The Morgan fingerprint density at radius 2 is 2.24 bits per heavy atom. The van der Waals surface area contributed by atoms with Crippen molar-refractivity contribution in [3.63, 3.8) is 0 Å². The van der Waals surface area contributed by atoms with E-state index in [9.17, 15) is 4.79 Å². The zero-order valence-corrected chi connectivity index (χ0v) is 11.4. The van der Waals surface area contributed by atoms with Gasteiger partial charge in [-0.15, -0.1) is 0 Å². The normalized spacial score (nSPS) is 26.2. The lowest BCUT2D eigenvalue weighted by molar-refractivity contribution is -0.125. The number of amides is 1. The Labute approximate surface area is 105 Å². The van der Waals surface area contributed by atoms with Crippen LogP contribution in [-0.4, -0.2) is 43.0 Å². The summed E-state index contributed by atoms with van der Waals surface area (Å²) in [6.07, 6.45) is 4.17. The van der Waals surface area contributed by atoms with Gasteiger partial charge in [0.25, 0.3) is 0 Å². The van der Waals surface area contributed by atoms with Gasteiger partial charge in [0.1, 0.15) is 0 Å². The third-order valence-corrected chi connectivity index (χ3v) is 4.01. The minimum absolute atomic E-state index is 0.0453. The molecule has 3 unspecified atom stereocenters. The molecular weight excluding hydrogens is 214 g/mol. The van der Waals surface area contributed by atoms with Gasteiger partial charge in [-0.1, -0.05) is 13.3 Å². The van der Waals surface area contributed by atoms with Gasteiger partial charge >= 0.3 is 0 Å². The highest BCUT2D eigenvalue weighted by molar-refractivity contribution is 5.79. The Bertz CT molecular complexity index is 245. The molecule has 3 atom stereocenters. The van der Waals surface area contributed by atoms with Gasteiger partial charge in [0.2, 0.25) is 5.91 Å². The van der Waals surface area contributed by atoms with Crippen LogP contribution in [-0.2, 0) is 4.79 Å².